The molecule has 1 saturated heterocycles. The van der Waals surface area contributed by atoms with E-state index in [1.165, 1.54) is 11.3 Å². The minimum Gasteiger partial charge on any atom is -0.496 e. The first-order valence-corrected chi connectivity index (χ1v) is 9.52. The van der Waals surface area contributed by atoms with Crippen LogP contribution in [-0.2, 0) is 6.54 Å². The third kappa shape index (κ3) is 4.40. The molecule has 0 aromatic heterocycles. The highest BCUT2D eigenvalue weighted by Gasteiger charge is 2.22. The Morgan fingerprint density at radius 1 is 1.04 bits per heavy atom. The van der Waals surface area contributed by atoms with Gasteiger partial charge in [0.1, 0.15) is 18.0 Å². The smallest absolute Gasteiger partial charge is 0.136 e. The van der Waals surface area contributed by atoms with Gasteiger partial charge in [0.2, 0.25) is 0 Å². The Morgan fingerprint density at radius 2 is 1.68 bits per heavy atom. The number of hydrogen-bond acceptors (Lipinski definition) is 3. The van der Waals surface area contributed by atoms with Crippen molar-refractivity contribution in [3.63, 3.8) is 0 Å². The molecule has 1 N–H and O–H groups in total. The minimum atomic E-state index is 0.783. The molecule has 1 heterocycles. The first-order valence-electron chi connectivity index (χ1n) is 8.35. The molecule has 0 unspecified atom stereocenters. The molecule has 134 valence electrons. The Hall–Kier alpha value is -1.43. The zero-order valence-corrected chi connectivity index (χ0v) is 16.9. The number of methoxy groups -OCH3 is 2. The molecule has 0 radical (unpaired) electrons. The molecule has 25 heavy (non-hydrogen) atoms. The van der Waals surface area contributed by atoms with E-state index in [0.717, 1.165) is 53.7 Å². The van der Waals surface area contributed by atoms with E-state index in [9.17, 15) is 0 Å². The monoisotopic (exact) mass is 425 g/mol. The van der Waals surface area contributed by atoms with Crippen molar-refractivity contribution in [3.8, 4) is 11.5 Å². The summed E-state index contributed by atoms with van der Waals surface area (Å²) in [6.07, 6.45) is 0. The first-order chi connectivity index (χ1) is 12.1. The second kappa shape index (κ2) is 8.30. The van der Waals surface area contributed by atoms with Crippen LogP contribution in [0.5, 0.6) is 11.5 Å². The summed E-state index contributed by atoms with van der Waals surface area (Å²) in [5, 5.41) is 0.783. The Morgan fingerprint density at radius 3 is 2.28 bits per heavy atom. The fourth-order valence-electron chi connectivity index (χ4n) is 3.24. The summed E-state index contributed by atoms with van der Waals surface area (Å²) in [6.45, 7) is 5.21. The number of nitrogens with one attached hydrogen (secondary N) is 1. The molecule has 1 aliphatic rings. The Bertz CT molecular complexity index is 716. The molecule has 2 aromatic rings. The summed E-state index contributed by atoms with van der Waals surface area (Å²) < 4.78 is 11.9. The van der Waals surface area contributed by atoms with Crippen LogP contribution in [0.15, 0.2) is 40.9 Å². The van der Waals surface area contributed by atoms with Crippen LogP contribution in [0.1, 0.15) is 5.56 Å². The summed E-state index contributed by atoms with van der Waals surface area (Å²) in [6, 6.07) is 12.2. The highest BCUT2D eigenvalue weighted by Crippen LogP contribution is 2.32. The van der Waals surface area contributed by atoms with Gasteiger partial charge in [-0.15, -0.1) is 0 Å². The second-order valence-electron chi connectivity index (χ2n) is 6.19. The number of nitrogens with zero attached hydrogens (tertiary/aromatic N) is 1. The SMILES string of the molecule is COc1cc(OC)c(C[NH+]2CCN(c3ccc(Cl)cc3)CC2)cc1Br. The van der Waals surface area contributed by atoms with Gasteiger partial charge in [-0.1, -0.05) is 11.6 Å². The summed E-state index contributed by atoms with van der Waals surface area (Å²) in [4.78, 5) is 3.97. The normalized spacial score (nSPS) is 15.3. The largest absolute Gasteiger partial charge is 0.496 e. The zero-order chi connectivity index (χ0) is 17.8. The highest BCUT2D eigenvalue weighted by atomic mass is 79.9. The average molecular weight is 427 g/mol. The van der Waals surface area contributed by atoms with Crippen LogP contribution in [0.4, 0.5) is 5.69 Å². The maximum absolute atomic E-state index is 5.98. The van der Waals surface area contributed by atoms with E-state index in [1.807, 2.05) is 18.2 Å². The summed E-state index contributed by atoms with van der Waals surface area (Å²) in [7, 11) is 3.38. The van der Waals surface area contributed by atoms with Crippen molar-refractivity contribution in [3.05, 3.63) is 51.5 Å². The van der Waals surface area contributed by atoms with Crippen LogP contribution in [-0.4, -0.2) is 40.4 Å². The van der Waals surface area contributed by atoms with Crippen molar-refractivity contribution < 1.29 is 14.4 Å². The summed E-state index contributed by atoms with van der Waals surface area (Å²) >= 11 is 9.55. The van der Waals surface area contributed by atoms with Crippen molar-refractivity contribution in [2.75, 3.05) is 45.3 Å². The lowest BCUT2D eigenvalue weighted by atomic mass is 10.1. The van der Waals surface area contributed by atoms with Crippen LogP contribution in [0.2, 0.25) is 5.02 Å². The van der Waals surface area contributed by atoms with Crippen molar-refractivity contribution in [2.24, 2.45) is 0 Å². The van der Waals surface area contributed by atoms with Gasteiger partial charge in [0, 0.05) is 22.3 Å². The number of halogens is 2. The molecule has 3 rings (SSSR count). The highest BCUT2D eigenvalue weighted by molar-refractivity contribution is 9.10. The predicted molar refractivity (Wildman–Crippen MR) is 105 cm³/mol. The van der Waals surface area contributed by atoms with E-state index < -0.39 is 0 Å². The number of ether oxygens (including phenoxy) is 2. The molecular formula is C19H23BrClN2O2+. The maximum Gasteiger partial charge on any atom is 0.136 e. The molecule has 1 aliphatic heterocycles. The maximum atomic E-state index is 5.98. The van der Waals surface area contributed by atoms with Crippen LogP contribution in [0, 0.1) is 0 Å². The summed E-state index contributed by atoms with van der Waals surface area (Å²) in [5.74, 6) is 1.68. The number of quaternary nitrogens is 1. The standard InChI is InChI=1S/C19H22BrClN2O2/c1-24-18-12-19(25-2)17(20)11-14(18)13-22-7-9-23(10-8-22)16-5-3-15(21)4-6-16/h3-6,11-12H,7-10,13H2,1-2H3/p+1. The lowest BCUT2D eigenvalue weighted by molar-refractivity contribution is -0.914. The minimum absolute atomic E-state index is 0.783. The molecule has 0 spiro atoms. The zero-order valence-electron chi connectivity index (χ0n) is 14.5. The van der Waals surface area contributed by atoms with E-state index in [0.29, 0.717) is 0 Å². The number of rotatable bonds is 5. The fourth-order valence-corrected chi connectivity index (χ4v) is 3.92. The molecular weight excluding hydrogens is 404 g/mol. The van der Waals surface area contributed by atoms with Crippen LogP contribution >= 0.6 is 27.5 Å². The molecule has 6 heteroatoms. The van der Waals surface area contributed by atoms with Gasteiger partial charge >= 0.3 is 0 Å². The molecule has 0 atom stereocenters. The quantitative estimate of drug-likeness (QED) is 0.796. The van der Waals surface area contributed by atoms with E-state index >= 15 is 0 Å². The van der Waals surface area contributed by atoms with Crippen LogP contribution < -0.4 is 19.3 Å². The third-order valence-electron chi connectivity index (χ3n) is 4.66. The van der Waals surface area contributed by atoms with Crippen molar-refractivity contribution in [1.82, 2.24) is 0 Å². The Labute approximate surface area is 162 Å². The molecule has 0 saturated carbocycles. The molecule has 0 aliphatic carbocycles. The molecule has 0 bridgehead atoms. The number of piperazine rings is 1. The van der Waals surface area contributed by atoms with Gasteiger partial charge in [0.05, 0.1) is 44.9 Å². The predicted octanol–water partition coefficient (Wildman–Crippen LogP) is 3.02. The van der Waals surface area contributed by atoms with Gasteiger partial charge < -0.3 is 19.3 Å². The molecule has 4 nitrogen and oxygen atoms in total. The fraction of sp³-hybridized carbons (Fsp3) is 0.368. The van der Waals surface area contributed by atoms with Gasteiger partial charge in [-0.25, -0.2) is 0 Å². The van der Waals surface area contributed by atoms with Crippen LogP contribution in [0.25, 0.3) is 0 Å². The average Bonchev–Trinajstić information content (AvgIpc) is 2.63. The Balaban J connectivity index is 1.64. The van der Waals surface area contributed by atoms with Crippen LogP contribution in [0.3, 0.4) is 0 Å². The second-order valence-corrected chi connectivity index (χ2v) is 7.48. The number of hydrogen-bond donors (Lipinski definition) is 1. The van der Waals surface area contributed by atoms with E-state index in [-0.39, 0.29) is 0 Å². The van der Waals surface area contributed by atoms with Gasteiger partial charge in [-0.2, -0.15) is 0 Å². The number of benzene rings is 2. The van der Waals surface area contributed by atoms with Crippen molar-refractivity contribution >= 4 is 33.2 Å². The first kappa shape index (κ1) is 18.4. The van der Waals surface area contributed by atoms with E-state index in [1.54, 1.807) is 19.1 Å². The molecule has 0 amide bonds. The lowest BCUT2D eigenvalue weighted by Crippen LogP contribution is -3.13. The molecule has 1 fully saturated rings. The van der Waals surface area contributed by atoms with Crippen molar-refractivity contribution in [2.45, 2.75) is 6.54 Å². The third-order valence-corrected chi connectivity index (χ3v) is 5.53. The van der Waals surface area contributed by atoms with E-state index in [2.05, 4.69) is 39.0 Å². The van der Waals surface area contributed by atoms with Gasteiger partial charge in [-0.05, 0) is 46.3 Å². The van der Waals surface area contributed by atoms with E-state index in [4.69, 9.17) is 21.1 Å². The van der Waals surface area contributed by atoms with Gasteiger partial charge in [0.25, 0.3) is 0 Å². The van der Waals surface area contributed by atoms with Gasteiger partial charge in [-0.3, -0.25) is 0 Å². The number of anilines is 1. The lowest BCUT2D eigenvalue weighted by Gasteiger charge is -2.34. The topological polar surface area (TPSA) is 26.1 Å². The summed E-state index contributed by atoms with van der Waals surface area (Å²) in [5.41, 5.74) is 2.44. The Kier molecular flexibility index (Phi) is 6.10. The van der Waals surface area contributed by atoms with Gasteiger partial charge in [0.15, 0.2) is 0 Å². The molecule has 2 aromatic carbocycles. The van der Waals surface area contributed by atoms with Crippen molar-refractivity contribution in [1.29, 1.82) is 0 Å².